The molecule has 24 heavy (non-hydrogen) atoms. The highest BCUT2D eigenvalue weighted by molar-refractivity contribution is 8.04. The van der Waals surface area contributed by atoms with E-state index in [0.717, 1.165) is 16.5 Å². The molecule has 2 heterocycles. The van der Waals surface area contributed by atoms with Gasteiger partial charge in [-0.05, 0) is 18.2 Å². The van der Waals surface area contributed by atoms with Crippen LogP contribution >= 0.6 is 11.8 Å². The molecule has 0 spiro atoms. The van der Waals surface area contributed by atoms with Gasteiger partial charge in [0.1, 0.15) is 0 Å². The van der Waals surface area contributed by atoms with E-state index in [1.165, 1.54) is 23.9 Å². The van der Waals surface area contributed by atoms with Gasteiger partial charge in [-0.25, -0.2) is 0 Å². The Kier molecular flexibility index (Phi) is 3.35. The molecule has 2 N–H and O–H groups in total. The first-order valence-corrected chi connectivity index (χ1v) is 7.99. The van der Waals surface area contributed by atoms with Crippen molar-refractivity contribution in [1.82, 2.24) is 4.98 Å². The number of para-hydroxylation sites is 1. The summed E-state index contributed by atoms with van der Waals surface area (Å²) in [6.07, 6.45) is 3.63. The summed E-state index contributed by atoms with van der Waals surface area (Å²) >= 11 is 1.23. The number of aromatic amines is 1. The largest absolute Gasteiger partial charge is 0.361 e. The van der Waals surface area contributed by atoms with Crippen molar-refractivity contribution in [2.45, 2.75) is 4.90 Å². The van der Waals surface area contributed by atoms with Gasteiger partial charge in [0, 0.05) is 39.7 Å². The van der Waals surface area contributed by atoms with Crippen LogP contribution in [0.15, 0.2) is 58.5 Å². The Morgan fingerprint density at radius 3 is 2.83 bits per heavy atom. The van der Waals surface area contributed by atoms with Gasteiger partial charge in [0.15, 0.2) is 0 Å². The molecule has 0 unspecified atom stereocenters. The van der Waals surface area contributed by atoms with Gasteiger partial charge in [-0.3, -0.25) is 14.9 Å². The minimum Gasteiger partial charge on any atom is -0.361 e. The fourth-order valence-electron chi connectivity index (χ4n) is 2.61. The molecule has 7 heteroatoms. The maximum atomic E-state index is 12.3. The minimum absolute atomic E-state index is 0.00356. The fraction of sp³-hybridized carbons (Fsp3) is 0. The average Bonchev–Trinajstić information content (AvgIpc) is 2.98. The van der Waals surface area contributed by atoms with E-state index in [1.807, 2.05) is 30.5 Å². The molecule has 0 bridgehead atoms. The third-order valence-electron chi connectivity index (χ3n) is 3.78. The van der Waals surface area contributed by atoms with Crippen LogP contribution in [0.3, 0.4) is 0 Å². The van der Waals surface area contributed by atoms with Crippen LogP contribution in [0.25, 0.3) is 17.0 Å². The quantitative estimate of drug-likeness (QED) is 0.417. The van der Waals surface area contributed by atoms with Gasteiger partial charge in [0.05, 0.1) is 15.5 Å². The Morgan fingerprint density at radius 2 is 2.00 bits per heavy atom. The third-order valence-corrected chi connectivity index (χ3v) is 4.86. The average molecular weight is 337 g/mol. The maximum Gasteiger partial charge on any atom is 0.270 e. The van der Waals surface area contributed by atoms with E-state index >= 15 is 0 Å². The zero-order valence-electron chi connectivity index (χ0n) is 12.3. The Hall–Kier alpha value is -3.06. The molecule has 118 valence electrons. The Bertz CT molecular complexity index is 1020. The monoisotopic (exact) mass is 337 g/mol. The van der Waals surface area contributed by atoms with Crippen molar-refractivity contribution in [2.24, 2.45) is 0 Å². The first-order valence-electron chi connectivity index (χ1n) is 7.17. The number of rotatable bonds is 2. The van der Waals surface area contributed by atoms with Gasteiger partial charge >= 0.3 is 0 Å². The second-order valence-corrected chi connectivity index (χ2v) is 6.38. The van der Waals surface area contributed by atoms with E-state index in [0.29, 0.717) is 15.5 Å². The van der Waals surface area contributed by atoms with Crippen molar-refractivity contribution < 1.29 is 9.72 Å². The molecule has 4 rings (SSSR count). The normalized spacial score (nSPS) is 15.3. The highest BCUT2D eigenvalue weighted by Gasteiger charge is 2.23. The van der Waals surface area contributed by atoms with Crippen LogP contribution in [0.1, 0.15) is 5.56 Å². The summed E-state index contributed by atoms with van der Waals surface area (Å²) in [5.41, 5.74) is 2.48. The van der Waals surface area contributed by atoms with Crippen LogP contribution in [0.4, 0.5) is 11.4 Å². The molecule has 1 aromatic heterocycles. The summed E-state index contributed by atoms with van der Waals surface area (Å²) in [5, 5.41) is 14.7. The molecule has 1 amide bonds. The van der Waals surface area contributed by atoms with Crippen molar-refractivity contribution in [2.75, 3.05) is 5.32 Å². The molecule has 2 aromatic carbocycles. The number of amides is 1. The smallest absolute Gasteiger partial charge is 0.270 e. The predicted octanol–water partition coefficient (Wildman–Crippen LogP) is 4.16. The van der Waals surface area contributed by atoms with E-state index in [2.05, 4.69) is 10.3 Å². The number of nitrogens with zero attached hydrogens (tertiary/aromatic N) is 1. The van der Waals surface area contributed by atoms with Gasteiger partial charge < -0.3 is 10.3 Å². The second-order valence-electron chi connectivity index (χ2n) is 5.29. The van der Waals surface area contributed by atoms with Crippen molar-refractivity contribution in [1.29, 1.82) is 0 Å². The molecular formula is C17H11N3O3S. The number of aromatic nitrogens is 1. The van der Waals surface area contributed by atoms with E-state index in [4.69, 9.17) is 0 Å². The number of thioether (sulfide) groups is 1. The molecule has 0 saturated carbocycles. The lowest BCUT2D eigenvalue weighted by molar-refractivity contribution is -0.385. The molecule has 3 aromatic rings. The van der Waals surface area contributed by atoms with Crippen LogP contribution in [0.2, 0.25) is 0 Å². The summed E-state index contributed by atoms with van der Waals surface area (Å²) in [6, 6.07) is 12.2. The molecule has 0 fully saturated rings. The third kappa shape index (κ3) is 2.44. The molecule has 0 atom stereocenters. The number of hydrogen-bond acceptors (Lipinski definition) is 4. The molecule has 0 saturated heterocycles. The number of hydrogen-bond donors (Lipinski definition) is 2. The summed E-state index contributed by atoms with van der Waals surface area (Å²) in [5.74, 6) is -0.216. The number of H-pyrrole nitrogens is 1. The molecule has 1 aliphatic heterocycles. The number of non-ortho nitro benzene ring substituents is 1. The standard InChI is InChI=1S/C17H11N3O3S/c21-17-16(7-10-9-18-13-4-2-1-3-12(10)13)24-15-8-11(20(22)23)5-6-14(15)19-17/h1-9,18H,(H,19,21). The van der Waals surface area contributed by atoms with E-state index in [1.54, 1.807) is 12.1 Å². The number of carbonyl (C=O) groups excluding carboxylic acids is 1. The first-order chi connectivity index (χ1) is 11.6. The highest BCUT2D eigenvalue weighted by atomic mass is 32.2. The molecule has 0 aliphatic carbocycles. The fourth-order valence-corrected chi connectivity index (χ4v) is 3.59. The second kappa shape index (κ2) is 5.54. The number of fused-ring (bicyclic) bond motifs is 2. The van der Waals surface area contributed by atoms with Crippen LogP contribution in [0.5, 0.6) is 0 Å². The summed E-state index contributed by atoms with van der Waals surface area (Å²) < 4.78 is 0. The lowest BCUT2D eigenvalue weighted by atomic mass is 10.1. The van der Waals surface area contributed by atoms with Gasteiger partial charge in [-0.1, -0.05) is 30.0 Å². The van der Waals surface area contributed by atoms with Crippen LogP contribution in [-0.4, -0.2) is 15.8 Å². The number of nitro benzene ring substituents is 1. The number of nitrogens with one attached hydrogen (secondary N) is 2. The van der Waals surface area contributed by atoms with Crippen LogP contribution in [-0.2, 0) is 4.79 Å². The van der Waals surface area contributed by atoms with Crippen molar-refractivity contribution in [3.8, 4) is 0 Å². The SMILES string of the molecule is O=C1Nc2ccc([N+](=O)[O-])cc2SC1=Cc1c[nH]c2ccccc12. The lowest BCUT2D eigenvalue weighted by Crippen LogP contribution is -2.17. The van der Waals surface area contributed by atoms with E-state index in [9.17, 15) is 14.9 Å². The minimum atomic E-state index is -0.444. The van der Waals surface area contributed by atoms with Crippen molar-refractivity contribution >= 4 is 46.0 Å². The summed E-state index contributed by atoms with van der Waals surface area (Å²) in [4.78, 5) is 27.1. The number of anilines is 1. The van der Waals surface area contributed by atoms with Crippen LogP contribution < -0.4 is 5.32 Å². The van der Waals surface area contributed by atoms with Gasteiger partial charge in [0.25, 0.3) is 11.6 Å². The molecule has 0 radical (unpaired) electrons. The summed E-state index contributed by atoms with van der Waals surface area (Å²) in [6.45, 7) is 0. The van der Waals surface area contributed by atoms with Crippen molar-refractivity contribution in [3.05, 3.63) is 69.2 Å². The van der Waals surface area contributed by atoms with E-state index < -0.39 is 4.92 Å². The van der Waals surface area contributed by atoms with Crippen LogP contribution in [0, 0.1) is 10.1 Å². The summed E-state index contributed by atoms with van der Waals surface area (Å²) in [7, 11) is 0. The Balaban J connectivity index is 1.75. The van der Waals surface area contributed by atoms with Crippen molar-refractivity contribution in [3.63, 3.8) is 0 Å². The Morgan fingerprint density at radius 1 is 1.17 bits per heavy atom. The van der Waals surface area contributed by atoms with E-state index in [-0.39, 0.29) is 11.6 Å². The highest BCUT2D eigenvalue weighted by Crippen LogP contribution is 2.41. The number of nitro groups is 1. The van der Waals surface area contributed by atoms with Gasteiger partial charge in [-0.15, -0.1) is 0 Å². The Labute approximate surface area is 140 Å². The topological polar surface area (TPSA) is 88.0 Å². The molecule has 1 aliphatic rings. The predicted molar refractivity (Wildman–Crippen MR) is 93.9 cm³/mol. The lowest BCUT2D eigenvalue weighted by Gasteiger charge is -2.18. The number of benzene rings is 2. The maximum absolute atomic E-state index is 12.3. The number of carbonyl (C=O) groups is 1. The molecular weight excluding hydrogens is 326 g/mol. The molecule has 6 nitrogen and oxygen atoms in total. The first kappa shape index (κ1) is 14.5. The zero-order valence-corrected chi connectivity index (χ0v) is 13.1. The zero-order chi connectivity index (χ0) is 16.7. The van der Waals surface area contributed by atoms with Gasteiger partial charge in [0.2, 0.25) is 0 Å². The van der Waals surface area contributed by atoms with Gasteiger partial charge in [-0.2, -0.15) is 0 Å².